The summed E-state index contributed by atoms with van der Waals surface area (Å²) in [6.45, 7) is 0. The quantitative estimate of drug-likeness (QED) is 0.423. The van der Waals surface area contributed by atoms with Crippen molar-refractivity contribution in [1.29, 1.82) is 0 Å². The topological polar surface area (TPSA) is 20.2 Å². The zero-order valence-corrected chi connectivity index (χ0v) is 15.6. The van der Waals surface area contributed by atoms with Gasteiger partial charge in [0.15, 0.2) is 0 Å². The van der Waals surface area contributed by atoms with Gasteiger partial charge in [-0.25, -0.2) is 4.39 Å². The van der Waals surface area contributed by atoms with Gasteiger partial charge in [-0.1, -0.05) is 60.1 Å². The van der Waals surface area contributed by atoms with Crippen LogP contribution in [-0.4, -0.2) is 17.5 Å². The van der Waals surface area contributed by atoms with Crippen LogP contribution in [0, 0.1) is 5.82 Å². The van der Waals surface area contributed by atoms with Crippen molar-refractivity contribution in [3.05, 3.63) is 83.1 Å². The predicted molar refractivity (Wildman–Crippen MR) is 98.3 cm³/mol. The van der Waals surface area contributed by atoms with Crippen LogP contribution in [-0.2, 0) is 5.60 Å². The van der Waals surface area contributed by atoms with E-state index in [9.17, 15) is 35.8 Å². The van der Waals surface area contributed by atoms with Gasteiger partial charge in [-0.15, -0.1) is 0 Å². The Morgan fingerprint density at radius 1 is 0.667 bits per heavy atom. The van der Waals surface area contributed by atoms with E-state index in [1.807, 2.05) is 0 Å². The number of hydrogen-bond acceptors (Lipinski definition) is 1. The molecule has 3 aromatic carbocycles. The molecule has 9 heteroatoms. The molecule has 0 bridgehead atoms. The van der Waals surface area contributed by atoms with Crippen molar-refractivity contribution in [3.8, 4) is 22.3 Å². The van der Waals surface area contributed by atoms with Crippen molar-refractivity contribution < 1.29 is 35.8 Å². The molecule has 158 valence electrons. The fourth-order valence-electron chi connectivity index (χ4n) is 3.03. The van der Waals surface area contributed by atoms with Crippen LogP contribution in [0.15, 0.2) is 66.7 Å². The van der Waals surface area contributed by atoms with Gasteiger partial charge in [0.1, 0.15) is 5.82 Å². The van der Waals surface area contributed by atoms with Crippen LogP contribution in [0.4, 0.5) is 30.7 Å². The molecule has 1 nitrogen and oxygen atoms in total. The molecule has 3 aromatic rings. The van der Waals surface area contributed by atoms with E-state index < -0.39 is 29.3 Å². The van der Waals surface area contributed by atoms with E-state index in [1.54, 1.807) is 18.2 Å². The fourth-order valence-corrected chi connectivity index (χ4v) is 3.21. The molecule has 30 heavy (non-hydrogen) atoms. The van der Waals surface area contributed by atoms with Crippen LogP contribution < -0.4 is 0 Å². The lowest BCUT2D eigenvalue weighted by molar-refractivity contribution is -0.376. The highest BCUT2D eigenvalue weighted by atomic mass is 35.5. The van der Waals surface area contributed by atoms with Gasteiger partial charge in [-0.3, -0.25) is 0 Å². The highest BCUT2D eigenvalue weighted by Gasteiger charge is 2.71. The third kappa shape index (κ3) is 3.77. The van der Waals surface area contributed by atoms with Crippen LogP contribution in [0.3, 0.4) is 0 Å². The average Bonchev–Trinajstić information content (AvgIpc) is 2.68. The highest BCUT2D eigenvalue weighted by Crippen LogP contribution is 2.51. The number of halogens is 8. The number of alkyl halides is 6. The summed E-state index contributed by atoms with van der Waals surface area (Å²) in [5, 5.41) is 9.48. The zero-order chi connectivity index (χ0) is 22.3. The third-order valence-corrected chi connectivity index (χ3v) is 4.86. The second kappa shape index (κ2) is 7.59. The SMILES string of the molecule is OC(c1ccc(-c2ccc(F)c(Cl)c2)c(-c2ccccc2)c1)(C(F)(F)F)C(F)(F)F. The molecular weight excluding hydrogens is 437 g/mol. The van der Waals surface area contributed by atoms with E-state index >= 15 is 0 Å². The molecule has 0 atom stereocenters. The maximum Gasteiger partial charge on any atom is 0.430 e. The summed E-state index contributed by atoms with van der Waals surface area (Å²) >= 11 is 5.77. The van der Waals surface area contributed by atoms with Crippen molar-refractivity contribution in [3.63, 3.8) is 0 Å². The lowest BCUT2D eigenvalue weighted by atomic mass is 9.86. The molecule has 0 saturated heterocycles. The first kappa shape index (κ1) is 22.1. The van der Waals surface area contributed by atoms with Gasteiger partial charge >= 0.3 is 12.4 Å². The summed E-state index contributed by atoms with van der Waals surface area (Å²) in [6.07, 6.45) is -12.0. The maximum absolute atomic E-state index is 13.5. The molecule has 0 radical (unpaired) electrons. The summed E-state index contributed by atoms with van der Waals surface area (Å²) < 4.78 is 93.4. The molecule has 0 fully saturated rings. The van der Waals surface area contributed by atoms with Gasteiger partial charge < -0.3 is 5.11 Å². The van der Waals surface area contributed by atoms with Crippen LogP contribution >= 0.6 is 11.6 Å². The molecule has 0 unspecified atom stereocenters. The normalized spacial score (nSPS) is 12.8. The molecular formula is C21H12ClF7O. The second-order valence-electron chi connectivity index (χ2n) is 6.46. The highest BCUT2D eigenvalue weighted by molar-refractivity contribution is 6.31. The summed E-state index contributed by atoms with van der Waals surface area (Å²) in [5.41, 5.74) is -5.71. The molecule has 3 rings (SSSR count). The van der Waals surface area contributed by atoms with Crippen molar-refractivity contribution in [2.24, 2.45) is 0 Å². The van der Waals surface area contributed by atoms with Gasteiger partial charge in [-0.05, 0) is 40.5 Å². The predicted octanol–water partition coefficient (Wildman–Crippen LogP) is 7.13. The Morgan fingerprint density at radius 3 is 1.80 bits per heavy atom. The zero-order valence-electron chi connectivity index (χ0n) is 14.8. The minimum absolute atomic E-state index is 0.0253. The van der Waals surface area contributed by atoms with Crippen LogP contribution in [0.25, 0.3) is 22.3 Å². The Bertz CT molecular complexity index is 1050. The smallest absolute Gasteiger partial charge is 0.369 e. The van der Waals surface area contributed by atoms with Crippen LogP contribution in [0.5, 0.6) is 0 Å². The van der Waals surface area contributed by atoms with Gasteiger partial charge in [0.2, 0.25) is 0 Å². The van der Waals surface area contributed by atoms with Crippen LogP contribution in [0.2, 0.25) is 5.02 Å². The van der Waals surface area contributed by atoms with Gasteiger partial charge in [0.25, 0.3) is 5.60 Å². The summed E-state index contributed by atoms with van der Waals surface area (Å²) in [7, 11) is 0. The van der Waals surface area contributed by atoms with Gasteiger partial charge in [0, 0.05) is 5.56 Å². The van der Waals surface area contributed by atoms with E-state index in [0.717, 1.165) is 12.1 Å². The molecule has 0 aliphatic rings. The van der Waals surface area contributed by atoms with Gasteiger partial charge in [0.05, 0.1) is 5.02 Å². The first-order valence-electron chi connectivity index (χ1n) is 8.37. The summed E-state index contributed by atoms with van der Waals surface area (Å²) in [6, 6.07) is 13.4. The van der Waals surface area contributed by atoms with E-state index in [1.165, 1.54) is 24.3 Å². The number of rotatable bonds is 3. The van der Waals surface area contributed by atoms with E-state index in [4.69, 9.17) is 11.6 Å². The second-order valence-corrected chi connectivity index (χ2v) is 6.87. The largest absolute Gasteiger partial charge is 0.430 e. The van der Waals surface area contributed by atoms with E-state index in [-0.39, 0.29) is 21.7 Å². The molecule has 0 heterocycles. The third-order valence-electron chi connectivity index (χ3n) is 4.57. The molecule has 0 aromatic heterocycles. The summed E-state index contributed by atoms with van der Waals surface area (Å²) in [5.74, 6) is -0.734. The van der Waals surface area contributed by atoms with E-state index in [0.29, 0.717) is 17.7 Å². The number of aliphatic hydroxyl groups is 1. The molecule has 0 spiro atoms. The van der Waals surface area contributed by atoms with E-state index in [2.05, 4.69) is 0 Å². The van der Waals surface area contributed by atoms with Gasteiger partial charge in [-0.2, -0.15) is 26.3 Å². The molecule has 0 aliphatic carbocycles. The Morgan fingerprint density at radius 2 is 1.27 bits per heavy atom. The molecule has 0 aliphatic heterocycles. The van der Waals surface area contributed by atoms with Crippen LogP contribution in [0.1, 0.15) is 5.56 Å². The first-order valence-corrected chi connectivity index (χ1v) is 8.75. The monoisotopic (exact) mass is 448 g/mol. The summed E-state index contributed by atoms with van der Waals surface area (Å²) in [4.78, 5) is 0. The van der Waals surface area contributed by atoms with Crippen molar-refractivity contribution in [1.82, 2.24) is 0 Å². The number of hydrogen-bond donors (Lipinski definition) is 1. The lowest BCUT2D eigenvalue weighted by Crippen LogP contribution is -2.53. The minimum atomic E-state index is -6.01. The van der Waals surface area contributed by atoms with Crippen molar-refractivity contribution in [2.45, 2.75) is 18.0 Å². The number of benzene rings is 3. The maximum atomic E-state index is 13.5. The van der Waals surface area contributed by atoms with Crippen molar-refractivity contribution in [2.75, 3.05) is 0 Å². The Balaban J connectivity index is 2.31. The van der Waals surface area contributed by atoms with Crippen molar-refractivity contribution >= 4 is 11.6 Å². The Hall–Kier alpha value is -2.58. The molecule has 0 saturated carbocycles. The Labute approximate surface area is 171 Å². The molecule has 0 amide bonds. The molecule has 1 N–H and O–H groups in total. The minimum Gasteiger partial charge on any atom is -0.369 e. The first-order chi connectivity index (χ1) is 13.9. The Kier molecular flexibility index (Phi) is 5.60. The fraction of sp³-hybridized carbons (Fsp3) is 0.143. The standard InChI is InChI=1S/C21H12ClF7O/c22-17-10-13(6-9-18(17)23)15-8-7-14(11-16(15)12-4-2-1-3-5-12)19(30,20(24,25)26)21(27,28)29/h1-11,30H. The average molecular weight is 449 g/mol. The lowest BCUT2D eigenvalue weighted by Gasteiger charge is -2.33.